The molecular weight excluding hydrogens is 342 g/mol. The summed E-state index contributed by atoms with van der Waals surface area (Å²) < 4.78 is 66.4. The summed E-state index contributed by atoms with van der Waals surface area (Å²) in [5.41, 5.74) is 0. The molecule has 0 unspecified atom stereocenters. The summed E-state index contributed by atoms with van der Waals surface area (Å²) in [6, 6.07) is 4.87. The van der Waals surface area contributed by atoms with Gasteiger partial charge in [0.15, 0.2) is 0 Å². The van der Waals surface area contributed by atoms with Crippen LogP contribution in [0.4, 0.5) is 0 Å². The van der Waals surface area contributed by atoms with Crippen LogP contribution in [0, 0.1) is 0 Å². The van der Waals surface area contributed by atoms with E-state index in [0.29, 0.717) is 0 Å². The van der Waals surface area contributed by atoms with Crippen LogP contribution in [-0.4, -0.2) is 31.0 Å². The number of rotatable bonds is 2. The van der Waals surface area contributed by atoms with E-state index in [2.05, 4.69) is 0 Å². The Kier molecular flexibility index (Phi) is 7.37. The molecule has 11 heteroatoms. The Morgan fingerprint density at radius 2 is 1.33 bits per heavy atom. The van der Waals surface area contributed by atoms with Gasteiger partial charge in [-0.1, -0.05) is 12.1 Å². The molecule has 0 bridgehead atoms. The second-order valence-corrected chi connectivity index (χ2v) is 6.37. The first kappa shape index (κ1) is 21.3. The second kappa shape index (κ2) is 7.26. The third kappa shape index (κ3) is 4.41. The van der Waals surface area contributed by atoms with Crippen LogP contribution in [0.25, 0.3) is 10.8 Å². The molecule has 0 radical (unpaired) electrons. The van der Waals surface area contributed by atoms with Gasteiger partial charge in [-0.05, 0) is 18.2 Å². The van der Waals surface area contributed by atoms with Crippen molar-refractivity contribution in [3.8, 4) is 5.75 Å². The van der Waals surface area contributed by atoms with Gasteiger partial charge in [0.2, 0.25) is 0 Å². The standard InChI is InChI=1S/C10H8O7S2.2Na/c11-7-4-5-8(18(12,13)14)6-2-1-3-9(10(6)7)19(15,16)17;;/h1-5,11H,(H,12,13,14)(H,15,16,17);;/q;2*+1/p-2. The molecule has 0 heterocycles. The molecule has 0 fully saturated rings. The number of fused-ring (bicyclic) bond motifs is 1. The van der Waals surface area contributed by atoms with Gasteiger partial charge in [-0.2, -0.15) is 0 Å². The molecule has 21 heavy (non-hydrogen) atoms. The predicted octanol–water partition coefficient (Wildman–Crippen LogP) is -5.64. The van der Waals surface area contributed by atoms with Crippen molar-refractivity contribution in [3.63, 3.8) is 0 Å². The summed E-state index contributed by atoms with van der Waals surface area (Å²) in [7, 11) is -9.79. The summed E-state index contributed by atoms with van der Waals surface area (Å²) in [4.78, 5) is -1.49. The molecule has 102 valence electrons. The van der Waals surface area contributed by atoms with Crippen molar-refractivity contribution < 1.29 is 90.2 Å². The van der Waals surface area contributed by atoms with E-state index in [9.17, 15) is 31.0 Å². The van der Waals surface area contributed by atoms with Crippen LogP contribution in [-0.2, 0) is 20.2 Å². The molecule has 2 aromatic carbocycles. The predicted molar refractivity (Wildman–Crippen MR) is 61.5 cm³/mol. The fraction of sp³-hybridized carbons (Fsp3) is 0. The van der Waals surface area contributed by atoms with Crippen LogP contribution in [0.2, 0.25) is 0 Å². The van der Waals surface area contributed by atoms with E-state index in [1.807, 2.05) is 0 Å². The third-order valence-corrected chi connectivity index (χ3v) is 4.25. The number of hydrogen-bond donors (Lipinski definition) is 1. The van der Waals surface area contributed by atoms with Gasteiger partial charge in [-0.25, -0.2) is 16.8 Å². The van der Waals surface area contributed by atoms with Gasteiger partial charge in [0, 0.05) is 10.8 Å². The summed E-state index contributed by atoms with van der Waals surface area (Å²) in [6.45, 7) is 0. The maximum atomic E-state index is 11.1. The molecule has 0 saturated carbocycles. The van der Waals surface area contributed by atoms with Gasteiger partial charge in [0.25, 0.3) is 0 Å². The quantitative estimate of drug-likeness (QED) is 0.422. The first-order chi connectivity index (χ1) is 8.62. The molecule has 0 aliphatic carbocycles. The maximum absolute atomic E-state index is 11.1. The van der Waals surface area contributed by atoms with Crippen molar-refractivity contribution >= 4 is 31.0 Å². The van der Waals surface area contributed by atoms with Gasteiger partial charge >= 0.3 is 59.1 Å². The fourth-order valence-electron chi connectivity index (χ4n) is 1.75. The van der Waals surface area contributed by atoms with E-state index in [1.54, 1.807) is 0 Å². The molecule has 2 aromatic rings. The number of benzene rings is 2. The minimum absolute atomic E-state index is 0. The summed E-state index contributed by atoms with van der Waals surface area (Å²) in [5, 5.41) is 8.81. The topological polar surface area (TPSA) is 135 Å². The molecule has 0 amide bonds. The zero-order valence-electron chi connectivity index (χ0n) is 11.1. The molecule has 7 nitrogen and oxygen atoms in total. The fourth-order valence-corrected chi connectivity index (χ4v) is 3.14. The Hall–Kier alpha value is 0.320. The van der Waals surface area contributed by atoms with Gasteiger partial charge < -0.3 is 14.2 Å². The first-order valence-electron chi connectivity index (χ1n) is 4.79. The number of phenolic OH excluding ortho intramolecular Hbond substituents is 1. The van der Waals surface area contributed by atoms with E-state index < -0.39 is 41.2 Å². The zero-order valence-corrected chi connectivity index (χ0v) is 16.7. The molecule has 0 atom stereocenters. The van der Waals surface area contributed by atoms with Crippen molar-refractivity contribution in [2.45, 2.75) is 9.79 Å². The average molecular weight is 348 g/mol. The molecule has 0 aromatic heterocycles. The largest absolute Gasteiger partial charge is 1.00 e. The molecule has 0 spiro atoms. The Morgan fingerprint density at radius 3 is 1.81 bits per heavy atom. The molecule has 0 saturated heterocycles. The Labute approximate surface area is 165 Å². The Morgan fingerprint density at radius 1 is 0.810 bits per heavy atom. The van der Waals surface area contributed by atoms with Gasteiger partial charge in [-0.3, -0.25) is 0 Å². The van der Waals surface area contributed by atoms with Gasteiger partial charge in [0.1, 0.15) is 26.0 Å². The van der Waals surface area contributed by atoms with Crippen LogP contribution in [0.3, 0.4) is 0 Å². The zero-order chi connectivity index (χ0) is 14.4. The van der Waals surface area contributed by atoms with Gasteiger partial charge in [0.05, 0.1) is 9.79 Å². The first-order valence-corrected chi connectivity index (χ1v) is 7.60. The minimum Gasteiger partial charge on any atom is -0.744 e. The Bertz CT molecular complexity index is 876. The molecular formula is C10H6Na2O7S2. The van der Waals surface area contributed by atoms with Crippen molar-refractivity contribution in [3.05, 3.63) is 30.3 Å². The average Bonchev–Trinajstić information content (AvgIpc) is 2.25. The van der Waals surface area contributed by atoms with Crippen LogP contribution < -0.4 is 59.1 Å². The van der Waals surface area contributed by atoms with Gasteiger partial charge in [-0.15, -0.1) is 0 Å². The van der Waals surface area contributed by atoms with Crippen molar-refractivity contribution in [1.29, 1.82) is 0 Å². The van der Waals surface area contributed by atoms with Crippen molar-refractivity contribution in [2.75, 3.05) is 0 Å². The number of hydrogen-bond acceptors (Lipinski definition) is 7. The van der Waals surface area contributed by atoms with Crippen LogP contribution in [0.15, 0.2) is 40.1 Å². The molecule has 2 rings (SSSR count). The van der Waals surface area contributed by atoms with E-state index in [4.69, 9.17) is 0 Å². The number of aromatic hydroxyl groups is 1. The van der Waals surface area contributed by atoms with E-state index in [0.717, 1.165) is 30.3 Å². The SMILES string of the molecule is O=S(=O)([O-])c1ccc(O)c2c(S(=O)(=O)[O-])cccc12.[Na+].[Na+]. The smallest absolute Gasteiger partial charge is 0.744 e. The number of phenols is 1. The monoisotopic (exact) mass is 348 g/mol. The van der Waals surface area contributed by atoms with E-state index in [1.165, 1.54) is 0 Å². The summed E-state index contributed by atoms with van der Waals surface area (Å²) in [5.74, 6) is -0.600. The van der Waals surface area contributed by atoms with Crippen LogP contribution in [0.1, 0.15) is 0 Å². The molecule has 0 aliphatic heterocycles. The third-order valence-electron chi connectivity index (χ3n) is 2.48. The van der Waals surface area contributed by atoms with E-state index in [-0.39, 0.29) is 64.5 Å². The van der Waals surface area contributed by atoms with Crippen molar-refractivity contribution in [2.24, 2.45) is 0 Å². The van der Waals surface area contributed by atoms with Crippen molar-refractivity contribution in [1.82, 2.24) is 0 Å². The normalized spacial score (nSPS) is 11.5. The Balaban J connectivity index is 0.00000200. The maximum Gasteiger partial charge on any atom is 1.00 e. The van der Waals surface area contributed by atoms with E-state index >= 15 is 0 Å². The summed E-state index contributed by atoms with van der Waals surface area (Å²) >= 11 is 0. The van der Waals surface area contributed by atoms with Crippen LogP contribution in [0.5, 0.6) is 5.75 Å². The minimum atomic E-state index is -4.92. The molecule has 1 N–H and O–H groups in total. The van der Waals surface area contributed by atoms with Crippen LogP contribution >= 0.6 is 0 Å². The summed E-state index contributed by atoms with van der Waals surface area (Å²) in [6.07, 6.45) is 0. The second-order valence-electron chi connectivity index (χ2n) is 3.67. The molecule has 0 aliphatic rings.